The molecule has 2 nitrogen and oxygen atoms in total. The summed E-state index contributed by atoms with van der Waals surface area (Å²) in [6.07, 6.45) is -2.83. The summed E-state index contributed by atoms with van der Waals surface area (Å²) in [5, 5.41) is 2.04. The molecule has 0 spiro atoms. The Morgan fingerprint density at radius 3 is 2.69 bits per heavy atom. The van der Waals surface area contributed by atoms with Crippen molar-refractivity contribution >= 4 is 17.7 Å². The molecular weight excluding hydrogens is 203 g/mol. The standard InChI is InChI=1S/C7H10F3NOS/c8-7(9,10)6(12)11-4-5-2-1-3-13-5/h5H,1-4H2,(H,11,12). The second-order valence-electron chi connectivity index (χ2n) is 2.84. The highest BCUT2D eigenvalue weighted by molar-refractivity contribution is 8.00. The zero-order chi connectivity index (χ0) is 9.90. The van der Waals surface area contributed by atoms with Gasteiger partial charge in [0.1, 0.15) is 0 Å². The number of halogens is 3. The Labute approximate surface area is 78.3 Å². The number of carbonyl (C=O) groups is 1. The second-order valence-corrected chi connectivity index (χ2v) is 4.25. The lowest BCUT2D eigenvalue weighted by atomic mass is 10.2. The molecule has 1 aliphatic rings. The topological polar surface area (TPSA) is 29.1 Å². The average Bonchev–Trinajstić information content (AvgIpc) is 2.50. The Morgan fingerprint density at radius 2 is 2.23 bits per heavy atom. The summed E-state index contributed by atoms with van der Waals surface area (Å²) >= 11 is 1.61. The van der Waals surface area contributed by atoms with Crippen LogP contribution < -0.4 is 5.32 Å². The van der Waals surface area contributed by atoms with E-state index in [0.29, 0.717) is 0 Å². The van der Waals surface area contributed by atoms with Crippen molar-refractivity contribution in [1.82, 2.24) is 5.32 Å². The van der Waals surface area contributed by atoms with Crippen molar-refractivity contribution in [2.45, 2.75) is 24.3 Å². The first-order valence-corrected chi connectivity index (χ1v) is 5.01. The van der Waals surface area contributed by atoms with Gasteiger partial charge in [-0.05, 0) is 18.6 Å². The third-order valence-corrected chi connectivity index (χ3v) is 3.17. The summed E-state index contributed by atoms with van der Waals surface area (Å²) in [5.41, 5.74) is 0. The SMILES string of the molecule is O=C(NCC1CCCS1)C(F)(F)F. The molecule has 1 amide bonds. The lowest BCUT2D eigenvalue weighted by molar-refractivity contribution is -0.173. The zero-order valence-electron chi connectivity index (χ0n) is 6.86. The summed E-state index contributed by atoms with van der Waals surface area (Å²) in [5.74, 6) is -0.855. The number of rotatable bonds is 2. The third kappa shape index (κ3) is 3.46. The van der Waals surface area contributed by atoms with Crippen molar-refractivity contribution in [2.24, 2.45) is 0 Å². The quantitative estimate of drug-likeness (QED) is 0.754. The number of hydrogen-bond acceptors (Lipinski definition) is 2. The minimum atomic E-state index is -4.75. The van der Waals surface area contributed by atoms with Crippen LogP contribution in [0.1, 0.15) is 12.8 Å². The Hall–Kier alpha value is -0.390. The lowest BCUT2D eigenvalue weighted by Crippen LogP contribution is -2.39. The molecule has 1 aliphatic heterocycles. The van der Waals surface area contributed by atoms with Gasteiger partial charge in [-0.2, -0.15) is 24.9 Å². The van der Waals surface area contributed by atoms with E-state index in [1.54, 1.807) is 11.8 Å². The fourth-order valence-corrected chi connectivity index (χ4v) is 2.31. The van der Waals surface area contributed by atoms with Gasteiger partial charge in [0.15, 0.2) is 0 Å². The van der Waals surface area contributed by atoms with Gasteiger partial charge in [-0.3, -0.25) is 4.79 Å². The summed E-state index contributed by atoms with van der Waals surface area (Å²) in [6.45, 7) is 0.128. The van der Waals surface area contributed by atoms with Gasteiger partial charge in [0.25, 0.3) is 0 Å². The van der Waals surface area contributed by atoms with Gasteiger partial charge in [0.2, 0.25) is 0 Å². The van der Waals surface area contributed by atoms with Crippen molar-refractivity contribution in [1.29, 1.82) is 0 Å². The van der Waals surface area contributed by atoms with E-state index in [0.717, 1.165) is 18.6 Å². The zero-order valence-corrected chi connectivity index (χ0v) is 7.67. The van der Waals surface area contributed by atoms with Crippen molar-refractivity contribution in [3.05, 3.63) is 0 Å². The van der Waals surface area contributed by atoms with Gasteiger partial charge in [-0.1, -0.05) is 0 Å². The molecule has 1 saturated heterocycles. The fourth-order valence-electron chi connectivity index (χ4n) is 1.11. The number of alkyl halides is 3. The molecule has 76 valence electrons. The smallest absolute Gasteiger partial charge is 0.347 e. The van der Waals surface area contributed by atoms with E-state index in [4.69, 9.17) is 0 Å². The molecule has 1 fully saturated rings. The molecule has 0 bridgehead atoms. The third-order valence-electron chi connectivity index (χ3n) is 1.77. The van der Waals surface area contributed by atoms with Gasteiger partial charge in [-0.15, -0.1) is 0 Å². The van der Waals surface area contributed by atoms with Crippen LogP contribution in [0.25, 0.3) is 0 Å². The average molecular weight is 213 g/mol. The van der Waals surface area contributed by atoms with Crippen LogP contribution >= 0.6 is 11.8 Å². The van der Waals surface area contributed by atoms with Crippen LogP contribution in [-0.2, 0) is 4.79 Å². The van der Waals surface area contributed by atoms with Crippen molar-refractivity contribution in [3.63, 3.8) is 0 Å². The number of carbonyl (C=O) groups excluding carboxylic acids is 1. The van der Waals surface area contributed by atoms with Crippen LogP contribution in [0.15, 0.2) is 0 Å². The van der Waals surface area contributed by atoms with Crippen molar-refractivity contribution < 1.29 is 18.0 Å². The summed E-state index contributed by atoms with van der Waals surface area (Å²) in [6, 6.07) is 0. The minimum absolute atomic E-state index is 0.128. The number of nitrogens with one attached hydrogen (secondary N) is 1. The molecular formula is C7H10F3NOS. The highest BCUT2D eigenvalue weighted by Crippen LogP contribution is 2.25. The molecule has 0 aliphatic carbocycles. The largest absolute Gasteiger partial charge is 0.471 e. The molecule has 6 heteroatoms. The van der Waals surface area contributed by atoms with Gasteiger partial charge >= 0.3 is 12.1 Å². The van der Waals surface area contributed by atoms with Crippen LogP contribution in [0.3, 0.4) is 0 Å². The Bertz CT molecular complexity index is 189. The first-order valence-electron chi connectivity index (χ1n) is 3.97. The van der Waals surface area contributed by atoms with Crippen LogP contribution in [0.4, 0.5) is 13.2 Å². The summed E-state index contributed by atoms with van der Waals surface area (Å²) in [4.78, 5) is 10.4. The maximum absolute atomic E-state index is 11.7. The van der Waals surface area contributed by atoms with Crippen LogP contribution in [0.5, 0.6) is 0 Å². The Morgan fingerprint density at radius 1 is 1.54 bits per heavy atom. The van der Waals surface area contributed by atoms with E-state index in [-0.39, 0.29) is 11.8 Å². The van der Waals surface area contributed by atoms with Gasteiger partial charge < -0.3 is 5.32 Å². The number of hydrogen-bond donors (Lipinski definition) is 1. The predicted octanol–water partition coefficient (Wildman–Crippen LogP) is 1.56. The van der Waals surface area contributed by atoms with Gasteiger partial charge in [-0.25, -0.2) is 0 Å². The number of amides is 1. The van der Waals surface area contributed by atoms with E-state index in [1.165, 1.54) is 0 Å². The minimum Gasteiger partial charge on any atom is -0.347 e. The molecule has 1 heterocycles. The van der Waals surface area contributed by atoms with Crippen LogP contribution in [0, 0.1) is 0 Å². The normalized spacial score (nSPS) is 23.2. The first-order chi connectivity index (χ1) is 6.00. The molecule has 0 aromatic heterocycles. The van der Waals surface area contributed by atoms with E-state index in [9.17, 15) is 18.0 Å². The predicted molar refractivity (Wildman–Crippen MR) is 44.5 cm³/mol. The molecule has 0 aromatic carbocycles. The highest BCUT2D eigenvalue weighted by Gasteiger charge is 2.38. The molecule has 1 unspecified atom stereocenters. The number of thioether (sulfide) groups is 1. The van der Waals surface area contributed by atoms with Crippen LogP contribution in [-0.4, -0.2) is 29.6 Å². The Kier molecular flexibility index (Phi) is 3.47. The monoisotopic (exact) mass is 213 g/mol. The summed E-state index contributed by atoms with van der Waals surface area (Å²) in [7, 11) is 0. The molecule has 0 aromatic rings. The molecule has 1 atom stereocenters. The second kappa shape index (κ2) is 4.21. The van der Waals surface area contributed by atoms with Crippen molar-refractivity contribution in [2.75, 3.05) is 12.3 Å². The fraction of sp³-hybridized carbons (Fsp3) is 0.857. The Balaban J connectivity index is 2.22. The van der Waals surface area contributed by atoms with E-state index < -0.39 is 12.1 Å². The van der Waals surface area contributed by atoms with Gasteiger partial charge in [0, 0.05) is 11.8 Å². The summed E-state index contributed by atoms with van der Waals surface area (Å²) < 4.78 is 35.1. The molecule has 0 radical (unpaired) electrons. The lowest BCUT2D eigenvalue weighted by Gasteiger charge is -2.11. The highest BCUT2D eigenvalue weighted by atomic mass is 32.2. The van der Waals surface area contributed by atoms with E-state index in [2.05, 4.69) is 0 Å². The molecule has 1 rings (SSSR count). The van der Waals surface area contributed by atoms with E-state index in [1.807, 2.05) is 5.32 Å². The maximum atomic E-state index is 11.7. The van der Waals surface area contributed by atoms with E-state index >= 15 is 0 Å². The maximum Gasteiger partial charge on any atom is 0.471 e. The van der Waals surface area contributed by atoms with Crippen LogP contribution in [0.2, 0.25) is 0 Å². The molecule has 0 saturated carbocycles. The van der Waals surface area contributed by atoms with Crippen molar-refractivity contribution in [3.8, 4) is 0 Å². The first kappa shape index (κ1) is 10.7. The molecule has 1 N–H and O–H groups in total. The molecule has 13 heavy (non-hydrogen) atoms. The van der Waals surface area contributed by atoms with Gasteiger partial charge in [0.05, 0.1) is 0 Å².